The Hall–Kier alpha value is -1.06. The highest BCUT2D eigenvalue weighted by molar-refractivity contribution is 6.32. The molecular formula is C13H17ClO3. The van der Waals surface area contributed by atoms with Crippen molar-refractivity contribution in [2.75, 3.05) is 7.11 Å². The Morgan fingerprint density at radius 2 is 2.00 bits per heavy atom. The van der Waals surface area contributed by atoms with Gasteiger partial charge in [-0.15, -0.1) is 0 Å². The van der Waals surface area contributed by atoms with E-state index in [0.29, 0.717) is 29.2 Å². The second-order valence-electron chi connectivity index (χ2n) is 3.92. The molecule has 0 aliphatic heterocycles. The first kappa shape index (κ1) is 14.0. The average molecular weight is 257 g/mol. The van der Waals surface area contributed by atoms with E-state index in [4.69, 9.17) is 16.3 Å². The predicted molar refractivity (Wildman–Crippen MR) is 67.9 cm³/mol. The molecule has 0 aromatic heterocycles. The van der Waals surface area contributed by atoms with E-state index in [1.54, 1.807) is 32.0 Å². The minimum atomic E-state index is -1.31. The highest BCUT2D eigenvalue weighted by Gasteiger charge is 2.32. The van der Waals surface area contributed by atoms with E-state index >= 15 is 0 Å². The van der Waals surface area contributed by atoms with Crippen molar-refractivity contribution in [2.24, 2.45) is 0 Å². The third-order valence-electron chi connectivity index (χ3n) is 3.01. The van der Waals surface area contributed by atoms with Crippen molar-refractivity contribution in [2.45, 2.75) is 32.3 Å². The summed E-state index contributed by atoms with van der Waals surface area (Å²) in [6.45, 7) is 3.57. The van der Waals surface area contributed by atoms with Gasteiger partial charge in [0.1, 0.15) is 11.4 Å². The molecule has 0 heterocycles. The summed E-state index contributed by atoms with van der Waals surface area (Å²) in [6, 6.07) is 4.75. The topological polar surface area (TPSA) is 46.5 Å². The molecule has 0 radical (unpaired) electrons. The fourth-order valence-electron chi connectivity index (χ4n) is 1.64. The van der Waals surface area contributed by atoms with Crippen molar-refractivity contribution < 1.29 is 14.6 Å². The smallest absolute Gasteiger partial charge is 0.194 e. The molecule has 3 nitrogen and oxygen atoms in total. The van der Waals surface area contributed by atoms with Crippen LogP contribution < -0.4 is 4.74 Å². The summed E-state index contributed by atoms with van der Waals surface area (Å²) in [5, 5.41) is 10.6. The maximum atomic E-state index is 12.2. The summed E-state index contributed by atoms with van der Waals surface area (Å²) in [5.74, 6) is 0.143. The molecule has 0 aliphatic rings. The van der Waals surface area contributed by atoms with Crippen LogP contribution in [0.5, 0.6) is 5.75 Å². The van der Waals surface area contributed by atoms with Gasteiger partial charge in [-0.05, 0) is 31.0 Å². The molecule has 0 fully saturated rings. The van der Waals surface area contributed by atoms with Crippen molar-refractivity contribution in [3.8, 4) is 5.75 Å². The highest BCUT2D eigenvalue weighted by Crippen LogP contribution is 2.28. The standard InChI is InChI=1S/C13H17ClO3/c1-4-13(16,5-2)12(15)9-6-7-10(14)11(8-9)17-3/h6-8,16H,4-5H2,1-3H3. The van der Waals surface area contributed by atoms with Crippen LogP contribution in [0.3, 0.4) is 0 Å². The van der Waals surface area contributed by atoms with Crippen molar-refractivity contribution in [3.63, 3.8) is 0 Å². The highest BCUT2D eigenvalue weighted by atomic mass is 35.5. The van der Waals surface area contributed by atoms with Crippen molar-refractivity contribution in [3.05, 3.63) is 28.8 Å². The third kappa shape index (κ3) is 2.79. The molecule has 17 heavy (non-hydrogen) atoms. The molecule has 0 unspecified atom stereocenters. The SMILES string of the molecule is CCC(O)(CC)C(=O)c1ccc(Cl)c(OC)c1. The largest absolute Gasteiger partial charge is 0.495 e. The van der Waals surface area contributed by atoms with Crippen LogP contribution in [0.2, 0.25) is 5.02 Å². The van der Waals surface area contributed by atoms with Gasteiger partial charge >= 0.3 is 0 Å². The van der Waals surface area contributed by atoms with Crippen molar-refractivity contribution >= 4 is 17.4 Å². The molecule has 1 N–H and O–H groups in total. The summed E-state index contributed by atoms with van der Waals surface area (Å²) >= 11 is 5.88. The molecule has 0 saturated heterocycles. The summed E-state index contributed by atoms with van der Waals surface area (Å²) in [6.07, 6.45) is 0.764. The number of rotatable bonds is 5. The lowest BCUT2D eigenvalue weighted by molar-refractivity contribution is 0.0277. The number of ketones is 1. The number of hydrogen-bond acceptors (Lipinski definition) is 3. The minimum Gasteiger partial charge on any atom is -0.495 e. The van der Waals surface area contributed by atoms with Gasteiger partial charge in [-0.3, -0.25) is 4.79 Å². The van der Waals surface area contributed by atoms with E-state index in [9.17, 15) is 9.90 Å². The molecular weight excluding hydrogens is 240 g/mol. The van der Waals surface area contributed by atoms with Gasteiger partial charge < -0.3 is 9.84 Å². The number of carbonyl (C=O) groups excluding carboxylic acids is 1. The van der Waals surface area contributed by atoms with Gasteiger partial charge in [0.2, 0.25) is 0 Å². The zero-order valence-electron chi connectivity index (χ0n) is 10.3. The van der Waals surface area contributed by atoms with E-state index in [2.05, 4.69) is 0 Å². The lowest BCUT2D eigenvalue weighted by Gasteiger charge is -2.23. The number of benzene rings is 1. The average Bonchev–Trinajstić information content (AvgIpc) is 2.37. The number of methoxy groups -OCH3 is 1. The van der Waals surface area contributed by atoms with Crippen LogP contribution in [0.25, 0.3) is 0 Å². The van der Waals surface area contributed by atoms with Gasteiger partial charge in [-0.1, -0.05) is 25.4 Å². The van der Waals surface area contributed by atoms with E-state index in [-0.39, 0.29) is 5.78 Å². The summed E-state index contributed by atoms with van der Waals surface area (Å²) in [4.78, 5) is 12.2. The maximum absolute atomic E-state index is 12.2. The maximum Gasteiger partial charge on any atom is 0.194 e. The van der Waals surface area contributed by atoms with E-state index < -0.39 is 5.60 Å². The Kier molecular flexibility index (Phi) is 4.54. The van der Waals surface area contributed by atoms with E-state index in [1.165, 1.54) is 7.11 Å². The van der Waals surface area contributed by atoms with E-state index in [0.717, 1.165) is 0 Å². The number of aliphatic hydroxyl groups is 1. The summed E-state index contributed by atoms with van der Waals surface area (Å²) in [7, 11) is 1.49. The second kappa shape index (κ2) is 5.52. The molecule has 0 saturated carbocycles. The number of ether oxygens (including phenoxy) is 1. The number of hydrogen-bond donors (Lipinski definition) is 1. The third-order valence-corrected chi connectivity index (χ3v) is 3.32. The molecule has 1 aromatic rings. The van der Waals surface area contributed by atoms with Gasteiger partial charge in [-0.2, -0.15) is 0 Å². The zero-order chi connectivity index (χ0) is 13.1. The van der Waals surface area contributed by atoms with Crippen LogP contribution in [0.15, 0.2) is 18.2 Å². The Morgan fingerprint density at radius 3 is 2.47 bits per heavy atom. The quantitative estimate of drug-likeness (QED) is 0.824. The fourth-order valence-corrected chi connectivity index (χ4v) is 1.84. The molecule has 1 aromatic carbocycles. The summed E-state index contributed by atoms with van der Waals surface area (Å²) in [5.41, 5.74) is -0.892. The number of halogens is 1. The first-order valence-electron chi connectivity index (χ1n) is 5.59. The van der Waals surface area contributed by atoms with Gasteiger partial charge in [0.05, 0.1) is 12.1 Å². The first-order chi connectivity index (χ1) is 7.98. The molecule has 94 valence electrons. The lowest BCUT2D eigenvalue weighted by Crippen LogP contribution is -2.37. The predicted octanol–water partition coefficient (Wildman–Crippen LogP) is 3.08. The normalized spacial score (nSPS) is 11.4. The van der Waals surface area contributed by atoms with Crippen molar-refractivity contribution in [1.29, 1.82) is 0 Å². The molecule has 0 atom stereocenters. The van der Waals surface area contributed by atoms with Crippen LogP contribution in [0, 0.1) is 0 Å². The van der Waals surface area contributed by atoms with Gasteiger partial charge in [0, 0.05) is 5.56 Å². The Bertz CT molecular complexity index is 411. The first-order valence-corrected chi connectivity index (χ1v) is 5.97. The molecule has 0 aliphatic carbocycles. The van der Waals surface area contributed by atoms with Crippen LogP contribution in [-0.2, 0) is 0 Å². The molecule has 0 amide bonds. The van der Waals surface area contributed by atoms with Crippen LogP contribution in [-0.4, -0.2) is 23.6 Å². The van der Waals surface area contributed by atoms with E-state index in [1.807, 2.05) is 0 Å². The molecule has 0 spiro atoms. The molecule has 4 heteroatoms. The van der Waals surface area contributed by atoms with Crippen LogP contribution in [0.1, 0.15) is 37.0 Å². The Labute approximate surface area is 106 Å². The Balaban J connectivity index is 3.12. The molecule has 0 bridgehead atoms. The second-order valence-corrected chi connectivity index (χ2v) is 4.32. The summed E-state index contributed by atoms with van der Waals surface area (Å²) < 4.78 is 5.05. The number of Topliss-reactive ketones (excluding diaryl/α,β-unsaturated/α-hetero) is 1. The zero-order valence-corrected chi connectivity index (χ0v) is 11.0. The van der Waals surface area contributed by atoms with Gasteiger partial charge in [-0.25, -0.2) is 0 Å². The molecule has 1 rings (SSSR count). The van der Waals surface area contributed by atoms with Crippen LogP contribution >= 0.6 is 11.6 Å². The fraction of sp³-hybridized carbons (Fsp3) is 0.462. The number of carbonyl (C=O) groups is 1. The van der Waals surface area contributed by atoms with Gasteiger partial charge in [0.25, 0.3) is 0 Å². The van der Waals surface area contributed by atoms with Gasteiger partial charge in [0.15, 0.2) is 5.78 Å². The van der Waals surface area contributed by atoms with Crippen LogP contribution in [0.4, 0.5) is 0 Å². The Morgan fingerprint density at radius 1 is 1.41 bits per heavy atom. The monoisotopic (exact) mass is 256 g/mol. The minimum absolute atomic E-state index is 0.294. The lowest BCUT2D eigenvalue weighted by atomic mass is 9.88. The van der Waals surface area contributed by atoms with Crippen molar-refractivity contribution in [1.82, 2.24) is 0 Å².